The van der Waals surface area contributed by atoms with Gasteiger partial charge in [-0.05, 0) is 57.9 Å². The van der Waals surface area contributed by atoms with Gasteiger partial charge in [0.2, 0.25) is 0 Å². The Morgan fingerprint density at radius 3 is 2.58 bits per heavy atom. The van der Waals surface area contributed by atoms with Gasteiger partial charge in [-0.25, -0.2) is 0 Å². The van der Waals surface area contributed by atoms with E-state index in [1.165, 1.54) is 45.1 Å². The third-order valence-electron chi connectivity index (χ3n) is 5.12. The second-order valence-corrected chi connectivity index (χ2v) is 7.11. The van der Waals surface area contributed by atoms with E-state index in [0.29, 0.717) is 12.2 Å². The van der Waals surface area contributed by atoms with Crippen LogP contribution in [0.2, 0.25) is 0 Å². The van der Waals surface area contributed by atoms with Crippen LogP contribution in [0.5, 0.6) is 0 Å². The monoisotopic (exact) mass is 266 g/mol. The van der Waals surface area contributed by atoms with Gasteiger partial charge in [-0.3, -0.25) is 4.90 Å². The molecule has 2 aliphatic heterocycles. The Labute approximate surface area is 118 Å². The molecule has 2 saturated heterocycles. The largest absolute Gasteiger partial charge is 0.372 e. The van der Waals surface area contributed by atoms with Gasteiger partial charge in [-0.15, -0.1) is 0 Å². The minimum Gasteiger partial charge on any atom is -0.372 e. The van der Waals surface area contributed by atoms with E-state index in [0.717, 1.165) is 31.1 Å². The predicted octanol–water partition coefficient (Wildman–Crippen LogP) is 2.41. The molecule has 0 spiro atoms. The summed E-state index contributed by atoms with van der Waals surface area (Å²) in [4.78, 5) is 2.65. The molecular formula is C16H30N2O. The van der Waals surface area contributed by atoms with Gasteiger partial charge in [0.15, 0.2) is 0 Å². The van der Waals surface area contributed by atoms with Crippen molar-refractivity contribution in [3.63, 3.8) is 0 Å². The molecule has 3 nitrogen and oxygen atoms in total. The lowest BCUT2D eigenvalue weighted by Gasteiger charge is -2.37. The van der Waals surface area contributed by atoms with Gasteiger partial charge in [-0.2, -0.15) is 0 Å². The highest BCUT2D eigenvalue weighted by molar-refractivity contribution is 4.86. The third kappa shape index (κ3) is 3.93. The number of ether oxygens (including phenoxy) is 1. The standard InChI is InChI=1S/C16H30N2O/c1-12-7-8-18(13(2)9-12)11-16-6-5-15(19-16)10-17-14-3-4-14/h12-17H,3-11H2,1-2H3. The first-order valence-electron chi connectivity index (χ1n) is 8.33. The molecule has 1 aliphatic carbocycles. The number of hydrogen-bond acceptors (Lipinski definition) is 3. The summed E-state index contributed by atoms with van der Waals surface area (Å²) in [6, 6.07) is 1.56. The molecule has 3 rings (SSSR count). The van der Waals surface area contributed by atoms with Gasteiger partial charge in [0.05, 0.1) is 12.2 Å². The Kier molecular flexibility index (Phi) is 4.45. The number of nitrogens with one attached hydrogen (secondary N) is 1. The Balaban J connectivity index is 1.38. The summed E-state index contributed by atoms with van der Waals surface area (Å²) in [5.74, 6) is 0.909. The molecule has 0 amide bonds. The fourth-order valence-electron chi connectivity index (χ4n) is 3.64. The predicted molar refractivity (Wildman–Crippen MR) is 78.4 cm³/mol. The molecule has 3 aliphatic rings. The fourth-order valence-corrected chi connectivity index (χ4v) is 3.64. The van der Waals surface area contributed by atoms with E-state index in [1.54, 1.807) is 0 Å². The number of hydrogen-bond donors (Lipinski definition) is 1. The van der Waals surface area contributed by atoms with E-state index in [2.05, 4.69) is 24.1 Å². The topological polar surface area (TPSA) is 24.5 Å². The molecule has 1 saturated carbocycles. The van der Waals surface area contributed by atoms with Gasteiger partial charge in [0.1, 0.15) is 0 Å². The van der Waals surface area contributed by atoms with Crippen molar-refractivity contribution in [1.82, 2.24) is 10.2 Å². The lowest BCUT2D eigenvalue weighted by Crippen LogP contribution is -2.44. The molecule has 110 valence electrons. The average Bonchev–Trinajstić information content (AvgIpc) is 3.10. The average molecular weight is 266 g/mol. The van der Waals surface area contributed by atoms with Crippen LogP contribution in [0.3, 0.4) is 0 Å². The van der Waals surface area contributed by atoms with Crippen LogP contribution in [-0.2, 0) is 4.74 Å². The van der Waals surface area contributed by atoms with Crippen LogP contribution < -0.4 is 5.32 Å². The number of piperidine rings is 1. The van der Waals surface area contributed by atoms with Gasteiger partial charge < -0.3 is 10.1 Å². The van der Waals surface area contributed by atoms with Crippen molar-refractivity contribution in [3.8, 4) is 0 Å². The van der Waals surface area contributed by atoms with E-state index in [-0.39, 0.29) is 0 Å². The summed E-state index contributed by atoms with van der Waals surface area (Å²) >= 11 is 0. The Hall–Kier alpha value is -0.120. The number of nitrogens with zero attached hydrogens (tertiary/aromatic N) is 1. The van der Waals surface area contributed by atoms with Gasteiger partial charge >= 0.3 is 0 Å². The maximum absolute atomic E-state index is 6.21. The summed E-state index contributed by atoms with van der Waals surface area (Å²) < 4.78 is 6.21. The number of rotatable bonds is 5. The van der Waals surface area contributed by atoms with Crippen molar-refractivity contribution in [2.45, 2.75) is 76.7 Å². The molecule has 4 atom stereocenters. The molecule has 0 bridgehead atoms. The maximum atomic E-state index is 6.21. The highest BCUT2D eigenvalue weighted by atomic mass is 16.5. The van der Waals surface area contributed by atoms with Crippen molar-refractivity contribution >= 4 is 0 Å². The van der Waals surface area contributed by atoms with E-state index < -0.39 is 0 Å². The molecule has 0 aromatic rings. The SMILES string of the molecule is CC1CCN(CC2CCC(CNC3CC3)O2)C(C)C1. The molecule has 3 heteroatoms. The van der Waals surface area contributed by atoms with E-state index in [4.69, 9.17) is 4.74 Å². The molecule has 0 aromatic carbocycles. The molecule has 2 heterocycles. The first-order valence-corrected chi connectivity index (χ1v) is 8.33. The Bertz CT molecular complexity index is 292. The zero-order valence-electron chi connectivity index (χ0n) is 12.6. The Morgan fingerprint density at radius 1 is 1.05 bits per heavy atom. The molecule has 3 fully saturated rings. The minimum atomic E-state index is 0.477. The van der Waals surface area contributed by atoms with Gasteiger partial charge in [0, 0.05) is 25.2 Å². The quantitative estimate of drug-likeness (QED) is 0.827. The van der Waals surface area contributed by atoms with Crippen LogP contribution in [0.25, 0.3) is 0 Å². The second kappa shape index (κ2) is 6.11. The van der Waals surface area contributed by atoms with Crippen LogP contribution in [0.4, 0.5) is 0 Å². The summed E-state index contributed by atoms with van der Waals surface area (Å²) in [6.07, 6.45) is 8.95. The van der Waals surface area contributed by atoms with Gasteiger partial charge in [-0.1, -0.05) is 6.92 Å². The van der Waals surface area contributed by atoms with Crippen LogP contribution in [0, 0.1) is 5.92 Å². The summed E-state index contributed by atoms with van der Waals surface area (Å²) in [5.41, 5.74) is 0. The second-order valence-electron chi connectivity index (χ2n) is 7.11. The maximum Gasteiger partial charge on any atom is 0.0707 e. The van der Waals surface area contributed by atoms with E-state index in [9.17, 15) is 0 Å². The minimum absolute atomic E-state index is 0.477. The molecular weight excluding hydrogens is 236 g/mol. The third-order valence-corrected chi connectivity index (χ3v) is 5.12. The lowest BCUT2D eigenvalue weighted by molar-refractivity contribution is 0.00510. The van der Waals surface area contributed by atoms with Crippen molar-refractivity contribution in [1.29, 1.82) is 0 Å². The Morgan fingerprint density at radius 2 is 1.84 bits per heavy atom. The molecule has 0 radical (unpaired) electrons. The first kappa shape index (κ1) is 13.8. The molecule has 4 unspecified atom stereocenters. The van der Waals surface area contributed by atoms with Crippen molar-refractivity contribution < 1.29 is 4.74 Å². The van der Waals surface area contributed by atoms with Crippen LogP contribution in [-0.4, -0.2) is 48.8 Å². The summed E-state index contributed by atoms with van der Waals surface area (Å²) in [6.45, 7) is 8.28. The highest BCUT2D eigenvalue weighted by Crippen LogP contribution is 2.26. The molecule has 19 heavy (non-hydrogen) atoms. The van der Waals surface area contributed by atoms with E-state index >= 15 is 0 Å². The van der Waals surface area contributed by atoms with Crippen molar-refractivity contribution in [3.05, 3.63) is 0 Å². The van der Waals surface area contributed by atoms with Crippen molar-refractivity contribution in [2.75, 3.05) is 19.6 Å². The highest BCUT2D eigenvalue weighted by Gasteiger charge is 2.31. The smallest absolute Gasteiger partial charge is 0.0707 e. The lowest BCUT2D eigenvalue weighted by atomic mass is 9.93. The van der Waals surface area contributed by atoms with Crippen molar-refractivity contribution in [2.24, 2.45) is 5.92 Å². The normalized spacial score (nSPS) is 40.7. The number of likely N-dealkylation sites (tertiary alicyclic amines) is 1. The van der Waals surface area contributed by atoms with Crippen LogP contribution in [0.15, 0.2) is 0 Å². The van der Waals surface area contributed by atoms with Gasteiger partial charge in [0.25, 0.3) is 0 Å². The fraction of sp³-hybridized carbons (Fsp3) is 1.00. The zero-order chi connectivity index (χ0) is 13.2. The van der Waals surface area contributed by atoms with E-state index in [1.807, 2.05) is 0 Å². The summed E-state index contributed by atoms with van der Waals surface area (Å²) in [7, 11) is 0. The zero-order valence-corrected chi connectivity index (χ0v) is 12.6. The molecule has 1 N–H and O–H groups in total. The van der Waals surface area contributed by atoms with Crippen LogP contribution >= 0.6 is 0 Å². The summed E-state index contributed by atoms with van der Waals surface area (Å²) in [5, 5.41) is 3.60. The molecule has 0 aromatic heterocycles. The van der Waals surface area contributed by atoms with Crippen LogP contribution in [0.1, 0.15) is 52.4 Å². The first-order chi connectivity index (χ1) is 9.20.